The van der Waals surface area contributed by atoms with Crippen LogP contribution in [0.1, 0.15) is 30.4 Å². The van der Waals surface area contributed by atoms with Gasteiger partial charge < -0.3 is 15.8 Å². The van der Waals surface area contributed by atoms with Crippen LogP contribution < -0.4 is 11.1 Å². The van der Waals surface area contributed by atoms with E-state index < -0.39 is 5.72 Å². The Labute approximate surface area is 135 Å². The predicted octanol–water partition coefficient (Wildman–Crippen LogP) is 1.89. The Hall–Kier alpha value is -2.42. The highest BCUT2D eigenvalue weighted by Crippen LogP contribution is 2.40. The van der Waals surface area contributed by atoms with Crippen molar-refractivity contribution in [2.75, 3.05) is 5.32 Å². The summed E-state index contributed by atoms with van der Waals surface area (Å²) in [4.78, 5) is 8.68. The number of benzene rings is 1. The highest BCUT2D eigenvalue weighted by molar-refractivity contribution is 5.42. The number of aromatic nitrogens is 2. The second-order valence-corrected chi connectivity index (χ2v) is 6.13. The zero-order valence-corrected chi connectivity index (χ0v) is 12.7. The second-order valence-electron chi connectivity index (χ2n) is 6.13. The van der Waals surface area contributed by atoms with Gasteiger partial charge >= 0.3 is 0 Å². The van der Waals surface area contributed by atoms with Gasteiger partial charge in [0.2, 0.25) is 5.95 Å². The minimum Gasteiger partial charge on any atom is -0.355 e. The molecule has 23 heavy (non-hydrogen) atoms. The van der Waals surface area contributed by atoms with Crippen molar-refractivity contribution in [3.8, 4) is 11.8 Å². The smallest absolute Gasteiger partial charge is 0.222 e. The fraction of sp³-hybridized carbons (Fsp3) is 0.333. The summed E-state index contributed by atoms with van der Waals surface area (Å²) >= 11 is 0. The van der Waals surface area contributed by atoms with Gasteiger partial charge in [0.15, 0.2) is 0 Å². The van der Waals surface area contributed by atoms with Crippen LogP contribution in [0, 0.1) is 11.8 Å². The lowest BCUT2D eigenvalue weighted by atomic mass is 9.92. The molecule has 2 aliphatic rings. The third-order valence-electron chi connectivity index (χ3n) is 4.34. The fourth-order valence-electron chi connectivity index (χ4n) is 3.19. The molecule has 3 heterocycles. The molecule has 5 nitrogen and oxygen atoms in total. The molecule has 0 spiro atoms. The summed E-state index contributed by atoms with van der Waals surface area (Å²) in [5.41, 5.74) is 7.45. The maximum absolute atomic E-state index is 6.14. The molecule has 0 saturated carbocycles. The van der Waals surface area contributed by atoms with Crippen LogP contribution in [0.4, 0.5) is 5.95 Å². The number of ether oxygens (including phenoxy) is 1. The van der Waals surface area contributed by atoms with Crippen LogP contribution in [0.15, 0.2) is 42.7 Å². The Morgan fingerprint density at radius 3 is 2.52 bits per heavy atom. The first-order chi connectivity index (χ1) is 11.2. The monoisotopic (exact) mass is 306 g/mol. The summed E-state index contributed by atoms with van der Waals surface area (Å²) in [7, 11) is 0. The minimum atomic E-state index is -0.455. The molecule has 0 aliphatic carbocycles. The number of nitrogens with zero attached hydrogens (tertiary/aromatic N) is 2. The summed E-state index contributed by atoms with van der Waals surface area (Å²) in [6.07, 6.45) is 6.37. The van der Waals surface area contributed by atoms with Crippen LogP contribution in [0.2, 0.25) is 0 Å². The van der Waals surface area contributed by atoms with Crippen LogP contribution in [-0.2, 0) is 4.74 Å². The van der Waals surface area contributed by atoms with E-state index in [4.69, 9.17) is 10.5 Å². The topological polar surface area (TPSA) is 73.1 Å². The van der Waals surface area contributed by atoms with Gasteiger partial charge in [-0.15, -0.1) is 0 Å². The van der Waals surface area contributed by atoms with Gasteiger partial charge in [-0.1, -0.05) is 30.0 Å². The Bertz CT molecular complexity index is 750. The average Bonchev–Trinajstić information content (AvgIpc) is 3.11. The molecule has 1 aromatic heterocycles. The van der Waals surface area contributed by atoms with Gasteiger partial charge in [-0.05, 0) is 25.0 Å². The van der Waals surface area contributed by atoms with Gasteiger partial charge in [0, 0.05) is 24.4 Å². The molecule has 0 amide bonds. The maximum atomic E-state index is 6.14. The van der Waals surface area contributed by atoms with Gasteiger partial charge in [0.1, 0.15) is 5.72 Å². The summed E-state index contributed by atoms with van der Waals surface area (Å²) in [5, 5.41) is 3.32. The lowest BCUT2D eigenvalue weighted by molar-refractivity contribution is 0.0180. The first-order valence-corrected chi connectivity index (χ1v) is 7.83. The van der Waals surface area contributed by atoms with Crippen molar-refractivity contribution < 1.29 is 4.74 Å². The highest BCUT2D eigenvalue weighted by atomic mass is 16.5. The molecule has 0 radical (unpaired) electrons. The largest absolute Gasteiger partial charge is 0.355 e. The van der Waals surface area contributed by atoms with Crippen molar-refractivity contribution >= 4 is 5.95 Å². The first-order valence-electron chi connectivity index (χ1n) is 7.83. The number of fused-ring (bicyclic) bond motifs is 2. The Morgan fingerprint density at radius 1 is 1.13 bits per heavy atom. The summed E-state index contributed by atoms with van der Waals surface area (Å²) in [6, 6.07) is 10.0. The number of nitrogens with two attached hydrogens (primary N) is 1. The van der Waals surface area contributed by atoms with Crippen molar-refractivity contribution in [3.63, 3.8) is 0 Å². The van der Waals surface area contributed by atoms with Gasteiger partial charge in [0.05, 0.1) is 17.7 Å². The maximum Gasteiger partial charge on any atom is 0.222 e. The number of hydrogen-bond donors (Lipinski definition) is 2. The molecule has 2 fully saturated rings. The van der Waals surface area contributed by atoms with Gasteiger partial charge in [-0.3, -0.25) is 0 Å². The Balaban J connectivity index is 1.42. The molecule has 3 N–H and O–H groups in total. The Kier molecular flexibility index (Phi) is 3.49. The Morgan fingerprint density at radius 2 is 1.87 bits per heavy atom. The number of nitrogens with one attached hydrogen (secondary N) is 1. The lowest BCUT2D eigenvalue weighted by Crippen LogP contribution is -2.40. The molecule has 2 aromatic rings. The van der Waals surface area contributed by atoms with E-state index in [0.29, 0.717) is 5.95 Å². The minimum absolute atomic E-state index is 0.168. The highest BCUT2D eigenvalue weighted by Gasteiger charge is 2.49. The molecule has 2 saturated heterocycles. The standard InChI is InChI=1S/C18H18N4O/c19-18-9-8-16(23-18)15(10-18)22-17-20-11-14(12-21-17)7-6-13-4-2-1-3-5-13/h1-5,11-12,15-16H,8-10,19H2,(H,20,21,22)/t15-,16+,18-/m0/s1. The van der Waals surface area contributed by atoms with Crippen LogP contribution in [0.5, 0.6) is 0 Å². The van der Waals surface area contributed by atoms with Crippen molar-refractivity contribution in [1.29, 1.82) is 0 Å². The zero-order chi connectivity index (χ0) is 15.7. The van der Waals surface area contributed by atoms with Crippen LogP contribution in [-0.4, -0.2) is 27.8 Å². The number of rotatable bonds is 2. The number of anilines is 1. The van der Waals surface area contributed by atoms with Gasteiger partial charge in [0.25, 0.3) is 0 Å². The molecule has 5 heteroatoms. The quantitative estimate of drug-likeness (QED) is 0.829. The summed E-state index contributed by atoms with van der Waals surface area (Å²) in [6.45, 7) is 0. The molecule has 2 bridgehead atoms. The molecular formula is C18H18N4O. The van der Waals surface area contributed by atoms with Gasteiger partial charge in [-0.2, -0.15) is 0 Å². The molecule has 0 unspecified atom stereocenters. The van der Waals surface area contributed by atoms with E-state index in [2.05, 4.69) is 27.1 Å². The van der Waals surface area contributed by atoms with Crippen molar-refractivity contribution in [1.82, 2.24) is 9.97 Å². The van der Waals surface area contributed by atoms with E-state index in [1.165, 1.54) is 0 Å². The molecule has 2 aliphatic heterocycles. The van der Waals surface area contributed by atoms with Crippen LogP contribution >= 0.6 is 0 Å². The SMILES string of the molecule is N[C@@]12CC[C@@H](O1)[C@@H](Nc1ncc(C#Cc3ccccc3)cn1)C2. The molecular weight excluding hydrogens is 288 g/mol. The molecule has 1 aromatic carbocycles. The van der Waals surface area contributed by atoms with Crippen molar-refractivity contribution in [2.24, 2.45) is 5.73 Å². The fourth-order valence-corrected chi connectivity index (χ4v) is 3.19. The molecule has 116 valence electrons. The third-order valence-corrected chi connectivity index (χ3v) is 4.34. The molecule has 3 atom stereocenters. The lowest BCUT2D eigenvalue weighted by Gasteiger charge is -2.23. The van der Waals surface area contributed by atoms with E-state index in [-0.39, 0.29) is 12.1 Å². The van der Waals surface area contributed by atoms with Crippen molar-refractivity contribution in [3.05, 3.63) is 53.9 Å². The number of hydrogen-bond acceptors (Lipinski definition) is 5. The summed E-state index contributed by atoms with van der Waals surface area (Å²) < 4.78 is 5.79. The van der Waals surface area contributed by atoms with E-state index in [1.54, 1.807) is 12.4 Å². The third kappa shape index (κ3) is 3.04. The van der Waals surface area contributed by atoms with E-state index in [1.807, 2.05) is 30.3 Å². The van der Waals surface area contributed by atoms with Gasteiger partial charge in [-0.25, -0.2) is 9.97 Å². The first kappa shape index (κ1) is 14.2. The van der Waals surface area contributed by atoms with E-state index in [0.717, 1.165) is 30.4 Å². The van der Waals surface area contributed by atoms with E-state index in [9.17, 15) is 0 Å². The molecule has 4 rings (SSSR count). The second kappa shape index (κ2) is 5.65. The van der Waals surface area contributed by atoms with Crippen LogP contribution in [0.25, 0.3) is 0 Å². The zero-order valence-electron chi connectivity index (χ0n) is 12.7. The van der Waals surface area contributed by atoms with Crippen molar-refractivity contribution in [2.45, 2.75) is 37.1 Å². The summed E-state index contributed by atoms with van der Waals surface area (Å²) in [5.74, 6) is 6.76. The van der Waals surface area contributed by atoms with Crippen LogP contribution in [0.3, 0.4) is 0 Å². The van der Waals surface area contributed by atoms with E-state index >= 15 is 0 Å². The average molecular weight is 306 g/mol. The predicted molar refractivity (Wildman–Crippen MR) is 87.5 cm³/mol. The normalized spacial score (nSPS) is 28.2.